The van der Waals surface area contributed by atoms with E-state index in [1.54, 1.807) is 35.2 Å². The van der Waals surface area contributed by atoms with Crippen LogP contribution in [0, 0.1) is 18.3 Å². The lowest BCUT2D eigenvalue weighted by atomic mass is 10.0. The Morgan fingerprint density at radius 2 is 1.80 bits per heavy atom. The molecular formula is C26H24ClN3O4S. The first-order chi connectivity index (χ1) is 16.7. The smallest absolute Gasteiger partial charge is 0.253 e. The maximum absolute atomic E-state index is 13.3. The number of amides is 1. The zero-order valence-electron chi connectivity index (χ0n) is 19.1. The molecule has 1 fully saturated rings. The highest BCUT2D eigenvalue weighted by atomic mass is 35.5. The molecule has 7 nitrogen and oxygen atoms in total. The van der Waals surface area contributed by atoms with Crippen LogP contribution in [0.5, 0.6) is 11.5 Å². The van der Waals surface area contributed by atoms with Crippen LogP contribution in [-0.4, -0.2) is 38.4 Å². The summed E-state index contributed by atoms with van der Waals surface area (Å²) < 4.78 is 35.3. The second-order valence-electron chi connectivity index (χ2n) is 8.39. The van der Waals surface area contributed by atoms with Gasteiger partial charge in [0.05, 0.1) is 11.6 Å². The largest absolute Gasteiger partial charge is 0.456 e. The Bertz CT molecular complexity index is 1360. The summed E-state index contributed by atoms with van der Waals surface area (Å²) >= 11 is 6.11. The van der Waals surface area contributed by atoms with Gasteiger partial charge in [0.25, 0.3) is 5.91 Å². The van der Waals surface area contributed by atoms with Crippen molar-refractivity contribution in [3.63, 3.8) is 0 Å². The minimum atomic E-state index is -4.02. The molecule has 180 valence electrons. The fourth-order valence-corrected chi connectivity index (χ4v) is 5.75. The van der Waals surface area contributed by atoms with Gasteiger partial charge in [0.1, 0.15) is 16.4 Å². The van der Waals surface area contributed by atoms with Gasteiger partial charge in [0.15, 0.2) is 0 Å². The van der Waals surface area contributed by atoms with E-state index < -0.39 is 10.0 Å². The fraction of sp³-hybridized carbons (Fsp3) is 0.231. The van der Waals surface area contributed by atoms with Gasteiger partial charge < -0.3 is 9.64 Å². The van der Waals surface area contributed by atoms with Crippen LogP contribution in [0.4, 0.5) is 0 Å². The Morgan fingerprint density at radius 1 is 1.09 bits per heavy atom. The molecule has 1 heterocycles. The van der Waals surface area contributed by atoms with Crippen molar-refractivity contribution in [2.45, 2.75) is 30.7 Å². The quantitative estimate of drug-likeness (QED) is 0.509. The van der Waals surface area contributed by atoms with Gasteiger partial charge >= 0.3 is 0 Å². The summed E-state index contributed by atoms with van der Waals surface area (Å²) in [6.45, 7) is 2.72. The van der Waals surface area contributed by atoms with Crippen molar-refractivity contribution in [3.05, 3.63) is 88.4 Å². The number of halogens is 1. The highest BCUT2D eigenvalue weighted by Gasteiger charge is 2.29. The molecule has 3 aromatic carbocycles. The summed E-state index contributed by atoms with van der Waals surface area (Å²) in [7, 11) is -4.02. The second-order valence-corrected chi connectivity index (χ2v) is 10.5. The molecule has 35 heavy (non-hydrogen) atoms. The van der Waals surface area contributed by atoms with Gasteiger partial charge in [0, 0.05) is 29.7 Å². The van der Waals surface area contributed by atoms with Gasteiger partial charge in [-0.15, -0.1) is 0 Å². The number of aryl methyl sites for hydroxylation is 1. The van der Waals surface area contributed by atoms with Crippen molar-refractivity contribution in [1.29, 1.82) is 5.26 Å². The lowest BCUT2D eigenvalue weighted by Crippen LogP contribution is -2.46. The first-order valence-corrected chi connectivity index (χ1v) is 13.0. The number of carbonyl (C=O) groups is 1. The number of nitriles is 1. The van der Waals surface area contributed by atoms with Gasteiger partial charge in [-0.05, 0) is 73.9 Å². The lowest BCUT2D eigenvalue weighted by Gasteiger charge is -2.32. The van der Waals surface area contributed by atoms with Crippen molar-refractivity contribution >= 4 is 27.5 Å². The molecule has 1 N–H and O–H groups in total. The fourth-order valence-electron chi connectivity index (χ4n) is 4.01. The Labute approximate surface area is 210 Å². The van der Waals surface area contributed by atoms with Crippen molar-refractivity contribution in [1.82, 2.24) is 9.62 Å². The summed E-state index contributed by atoms with van der Waals surface area (Å²) in [6, 6.07) is 20.0. The van der Waals surface area contributed by atoms with Gasteiger partial charge in [-0.25, -0.2) is 13.1 Å². The number of hydrogen-bond donors (Lipinski definition) is 1. The number of benzene rings is 3. The number of hydrogen-bond acceptors (Lipinski definition) is 5. The number of nitrogens with zero attached hydrogens (tertiary/aromatic N) is 2. The highest BCUT2D eigenvalue weighted by Crippen LogP contribution is 2.32. The zero-order chi connectivity index (χ0) is 25.0. The molecule has 0 radical (unpaired) electrons. The number of sulfonamides is 1. The first kappa shape index (κ1) is 24.7. The summed E-state index contributed by atoms with van der Waals surface area (Å²) in [5.41, 5.74) is 1.67. The summed E-state index contributed by atoms with van der Waals surface area (Å²) in [6.07, 6.45) is 0.943. The van der Waals surface area contributed by atoms with Crippen LogP contribution in [-0.2, 0) is 10.0 Å². The minimum Gasteiger partial charge on any atom is -0.456 e. The molecule has 0 saturated carbocycles. The number of ether oxygens (including phenoxy) is 1. The summed E-state index contributed by atoms with van der Waals surface area (Å²) in [4.78, 5) is 14.3. The van der Waals surface area contributed by atoms with E-state index in [4.69, 9.17) is 16.3 Å². The second kappa shape index (κ2) is 10.5. The highest BCUT2D eigenvalue weighted by molar-refractivity contribution is 7.89. The summed E-state index contributed by atoms with van der Waals surface area (Å²) in [5.74, 6) is 0.417. The molecule has 0 spiro atoms. The van der Waals surface area contributed by atoms with Crippen molar-refractivity contribution in [3.8, 4) is 17.6 Å². The van der Waals surface area contributed by atoms with E-state index in [9.17, 15) is 18.5 Å². The standard InChI is InChI=1S/C26H24ClN3O4S/c1-18-13-21(27)16-23(14-18)34-24-8-7-19(17-28)15-25(24)35(32,33)29-22-9-11-30(12-10-22)26(31)20-5-3-2-4-6-20/h2-8,13-16,22,29H,9-12H2,1H3. The number of nitrogens with one attached hydrogen (secondary N) is 1. The SMILES string of the molecule is Cc1cc(Cl)cc(Oc2ccc(C#N)cc2S(=O)(=O)NC2CCN(C(=O)c3ccccc3)CC2)c1. The van der Waals surface area contributed by atoms with Crippen molar-refractivity contribution < 1.29 is 17.9 Å². The molecule has 3 aromatic rings. The van der Waals surface area contributed by atoms with E-state index in [-0.39, 0.29) is 28.2 Å². The summed E-state index contributed by atoms with van der Waals surface area (Å²) in [5, 5.41) is 9.78. The molecule has 0 unspecified atom stereocenters. The minimum absolute atomic E-state index is 0.0684. The monoisotopic (exact) mass is 509 g/mol. The van der Waals surface area contributed by atoms with E-state index in [0.717, 1.165) is 5.56 Å². The Hall–Kier alpha value is -3.38. The maximum atomic E-state index is 13.3. The van der Waals surface area contributed by atoms with Crippen LogP contribution >= 0.6 is 11.6 Å². The number of rotatable bonds is 6. The van der Waals surface area contributed by atoms with Crippen LogP contribution in [0.1, 0.15) is 34.3 Å². The van der Waals surface area contributed by atoms with E-state index >= 15 is 0 Å². The number of piperidine rings is 1. The molecule has 0 bridgehead atoms. The van der Waals surface area contributed by atoms with Crippen LogP contribution in [0.25, 0.3) is 0 Å². The molecule has 0 aliphatic carbocycles. The van der Waals surface area contributed by atoms with Crippen LogP contribution in [0.2, 0.25) is 5.02 Å². The Kier molecular flexibility index (Phi) is 7.41. The Balaban J connectivity index is 1.50. The van der Waals surface area contributed by atoms with Crippen molar-refractivity contribution in [2.75, 3.05) is 13.1 Å². The molecule has 0 atom stereocenters. The van der Waals surface area contributed by atoms with Crippen LogP contribution in [0.15, 0.2) is 71.6 Å². The topological polar surface area (TPSA) is 99.5 Å². The van der Waals surface area contributed by atoms with Crippen LogP contribution in [0.3, 0.4) is 0 Å². The van der Waals surface area contributed by atoms with Crippen molar-refractivity contribution in [2.24, 2.45) is 0 Å². The molecule has 9 heteroatoms. The molecule has 1 saturated heterocycles. The van der Waals surface area contributed by atoms with Gasteiger partial charge in [0.2, 0.25) is 10.0 Å². The van der Waals surface area contributed by atoms with E-state index in [1.807, 2.05) is 31.2 Å². The third-order valence-corrected chi connectivity index (χ3v) is 7.49. The molecule has 0 aromatic heterocycles. The number of carbonyl (C=O) groups excluding carboxylic acids is 1. The van der Waals surface area contributed by atoms with Gasteiger partial charge in [-0.2, -0.15) is 5.26 Å². The predicted molar refractivity (Wildman–Crippen MR) is 133 cm³/mol. The van der Waals surface area contributed by atoms with E-state index in [0.29, 0.717) is 42.3 Å². The van der Waals surface area contributed by atoms with E-state index in [2.05, 4.69) is 4.72 Å². The first-order valence-electron chi connectivity index (χ1n) is 11.1. The molecule has 1 aliphatic rings. The lowest BCUT2D eigenvalue weighted by molar-refractivity contribution is 0.0711. The third-order valence-electron chi connectivity index (χ3n) is 5.73. The predicted octanol–water partition coefficient (Wildman–Crippen LogP) is 4.90. The molecule has 4 rings (SSSR count). The molecular weight excluding hydrogens is 486 g/mol. The average molecular weight is 510 g/mol. The van der Waals surface area contributed by atoms with Crippen LogP contribution < -0.4 is 9.46 Å². The molecule has 1 aliphatic heterocycles. The third kappa shape index (κ3) is 6.01. The van der Waals surface area contributed by atoms with Gasteiger partial charge in [-0.3, -0.25) is 4.79 Å². The Morgan fingerprint density at radius 3 is 2.46 bits per heavy atom. The van der Waals surface area contributed by atoms with E-state index in [1.165, 1.54) is 18.2 Å². The maximum Gasteiger partial charge on any atom is 0.253 e. The normalized spacial score (nSPS) is 14.4. The average Bonchev–Trinajstić information content (AvgIpc) is 2.84. The van der Waals surface area contributed by atoms with Gasteiger partial charge in [-0.1, -0.05) is 29.8 Å². The molecule has 1 amide bonds. The zero-order valence-corrected chi connectivity index (χ0v) is 20.6. The number of likely N-dealkylation sites (tertiary alicyclic amines) is 1.